The number of rotatable bonds is 2. The molecule has 1 heterocycles. The van der Waals surface area contributed by atoms with Gasteiger partial charge in [0.1, 0.15) is 5.82 Å². The highest BCUT2D eigenvalue weighted by atomic mass is 16.5. The van der Waals surface area contributed by atoms with Gasteiger partial charge in [0.05, 0.1) is 7.11 Å². The molecule has 0 saturated heterocycles. The molecule has 0 bridgehead atoms. The van der Waals surface area contributed by atoms with E-state index in [0.29, 0.717) is 6.54 Å². The quantitative estimate of drug-likeness (QED) is 0.622. The average molecular weight is 181 g/mol. The minimum atomic E-state index is -0.512. The first-order valence-electron chi connectivity index (χ1n) is 3.72. The van der Waals surface area contributed by atoms with Crippen molar-refractivity contribution in [1.29, 1.82) is 0 Å². The van der Waals surface area contributed by atoms with Crippen LogP contribution in [0.3, 0.4) is 0 Å². The lowest BCUT2D eigenvalue weighted by molar-refractivity contribution is 0.0594. The molecule has 1 rings (SSSR count). The van der Waals surface area contributed by atoms with E-state index < -0.39 is 5.97 Å². The molecule has 70 valence electrons. The molecule has 0 aliphatic carbocycles. The molecule has 5 heteroatoms. The van der Waals surface area contributed by atoms with E-state index in [1.54, 1.807) is 12.1 Å². The van der Waals surface area contributed by atoms with E-state index in [9.17, 15) is 4.79 Å². The molecule has 0 saturated carbocycles. The lowest BCUT2D eigenvalue weighted by atomic mass is 10.2. The zero-order chi connectivity index (χ0) is 9.84. The van der Waals surface area contributed by atoms with Crippen molar-refractivity contribution in [3.8, 4) is 0 Å². The van der Waals surface area contributed by atoms with E-state index in [4.69, 9.17) is 11.5 Å². The fourth-order valence-electron chi connectivity index (χ4n) is 0.938. The number of hydrogen-bond donors (Lipinski definition) is 2. The summed E-state index contributed by atoms with van der Waals surface area (Å²) in [5.41, 5.74) is 11.8. The zero-order valence-corrected chi connectivity index (χ0v) is 7.28. The fourth-order valence-corrected chi connectivity index (χ4v) is 0.938. The van der Waals surface area contributed by atoms with Gasteiger partial charge in [-0.15, -0.1) is 0 Å². The number of carbonyl (C=O) groups excluding carboxylic acids is 1. The van der Waals surface area contributed by atoms with Crippen LogP contribution in [-0.4, -0.2) is 18.1 Å². The minimum Gasteiger partial charge on any atom is -0.464 e. The second kappa shape index (κ2) is 3.86. The number of ether oxygens (including phenoxy) is 1. The van der Waals surface area contributed by atoms with E-state index in [2.05, 4.69) is 9.72 Å². The Morgan fingerprint density at radius 3 is 2.85 bits per heavy atom. The average Bonchev–Trinajstić information content (AvgIpc) is 2.15. The van der Waals surface area contributed by atoms with Crippen LogP contribution in [0.1, 0.15) is 16.1 Å². The molecule has 13 heavy (non-hydrogen) atoms. The van der Waals surface area contributed by atoms with Gasteiger partial charge in [-0.3, -0.25) is 0 Å². The SMILES string of the molecule is COC(=O)c1cc(CN)cc(N)n1. The van der Waals surface area contributed by atoms with Crippen LogP contribution >= 0.6 is 0 Å². The van der Waals surface area contributed by atoms with Gasteiger partial charge in [-0.25, -0.2) is 9.78 Å². The first kappa shape index (κ1) is 9.47. The summed E-state index contributed by atoms with van der Waals surface area (Å²) in [4.78, 5) is 14.9. The van der Waals surface area contributed by atoms with Gasteiger partial charge in [0.15, 0.2) is 5.69 Å². The van der Waals surface area contributed by atoms with Gasteiger partial charge in [0, 0.05) is 6.54 Å². The van der Waals surface area contributed by atoms with Gasteiger partial charge in [-0.1, -0.05) is 0 Å². The molecular formula is C8H11N3O2. The molecule has 1 aromatic rings. The van der Waals surface area contributed by atoms with Crippen LogP contribution in [0.5, 0.6) is 0 Å². The summed E-state index contributed by atoms with van der Waals surface area (Å²) in [6.07, 6.45) is 0. The third kappa shape index (κ3) is 2.16. The first-order valence-corrected chi connectivity index (χ1v) is 3.72. The molecule has 0 unspecified atom stereocenters. The largest absolute Gasteiger partial charge is 0.464 e. The number of nitrogens with zero attached hydrogens (tertiary/aromatic N) is 1. The van der Waals surface area contributed by atoms with Crippen molar-refractivity contribution in [2.75, 3.05) is 12.8 Å². The van der Waals surface area contributed by atoms with Crippen LogP contribution in [0.25, 0.3) is 0 Å². The molecule has 1 aromatic heterocycles. The molecular weight excluding hydrogens is 170 g/mol. The monoisotopic (exact) mass is 181 g/mol. The predicted octanol–water partition coefficient (Wildman–Crippen LogP) is -0.0909. The maximum absolute atomic E-state index is 11.1. The van der Waals surface area contributed by atoms with Crippen molar-refractivity contribution >= 4 is 11.8 Å². The van der Waals surface area contributed by atoms with Crippen molar-refractivity contribution in [1.82, 2.24) is 4.98 Å². The lowest BCUT2D eigenvalue weighted by Crippen LogP contribution is -2.08. The number of methoxy groups -OCH3 is 1. The Bertz CT molecular complexity index is 325. The normalized spacial score (nSPS) is 9.69. The number of aromatic nitrogens is 1. The van der Waals surface area contributed by atoms with E-state index in [-0.39, 0.29) is 11.5 Å². The van der Waals surface area contributed by atoms with Crippen LogP contribution in [-0.2, 0) is 11.3 Å². The van der Waals surface area contributed by atoms with Gasteiger partial charge >= 0.3 is 5.97 Å². The molecule has 0 aromatic carbocycles. The molecule has 0 radical (unpaired) electrons. The highest BCUT2D eigenvalue weighted by Gasteiger charge is 2.08. The zero-order valence-electron chi connectivity index (χ0n) is 7.28. The summed E-state index contributed by atoms with van der Waals surface area (Å²) in [6.45, 7) is 0.316. The third-order valence-corrected chi connectivity index (χ3v) is 1.54. The Labute approximate surface area is 75.7 Å². The summed E-state index contributed by atoms with van der Waals surface area (Å²) in [5.74, 6) is -0.245. The molecule has 4 N–H and O–H groups in total. The van der Waals surface area contributed by atoms with Gasteiger partial charge in [-0.2, -0.15) is 0 Å². The molecule has 0 fully saturated rings. The maximum Gasteiger partial charge on any atom is 0.356 e. The Morgan fingerprint density at radius 2 is 2.31 bits per heavy atom. The number of anilines is 1. The number of nitrogens with two attached hydrogens (primary N) is 2. The van der Waals surface area contributed by atoms with Crippen LogP contribution in [0.4, 0.5) is 5.82 Å². The fraction of sp³-hybridized carbons (Fsp3) is 0.250. The van der Waals surface area contributed by atoms with Crippen molar-refractivity contribution < 1.29 is 9.53 Å². The highest BCUT2D eigenvalue weighted by molar-refractivity contribution is 5.87. The van der Waals surface area contributed by atoms with Gasteiger partial charge in [-0.05, 0) is 17.7 Å². The molecule has 0 aliphatic heterocycles. The second-order valence-electron chi connectivity index (χ2n) is 2.48. The first-order chi connectivity index (χ1) is 6.17. The molecule has 0 aliphatic rings. The Hall–Kier alpha value is -1.62. The predicted molar refractivity (Wildman–Crippen MR) is 47.9 cm³/mol. The van der Waals surface area contributed by atoms with Crippen LogP contribution in [0.2, 0.25) is 0 Å². The molecule has 0 atom stereocenters. The van der Waals surface area contributed by atoms with Crippen LogP contribution < -0.4 is 11.5 Å². The lowest BCUT2D eigenvalue weighted by Gasteiger charge is -2.02. The van der Waals surface area contributed by atoms with Crippen molar-refractivity contribution in [2.24, 2.45) is 5.73 Å². The smallest absolute Gasteiger partial charge is 0.356 e. The van der Waals surface area contributed by atoms with E-state index in [0.717, 1.165) is 5.56 Å². The van der Waals surface area contributed by atoms with E-state index in [1.807, 2.05) is 0 Å². The standard InChI is InChI=1S/C8H11N3O2/c1-13-8(12)6-2-5(4-9)3-7(10)11-6/h2-3H,4,9H2,1H3,(H2,10,11). The Balaban J connectivity index is 3.08. The number of pyridine rings is 1. The highest BCUT2D eigenvalue weighted by Crippen LogP contribution is 2.07. The molecule has 0 spiro atoms. The summed E-state index contributed by atoms with van der Waals surface area (Å²) in [6, 6.07) is 3.18. The number of esters is 1. The summed E-state index contributed by atoms with van der Waals surface area (Å²) >= 11 is 0. The topological polar surface area (TPSA) is 91.2 Å². The third-order valence-electron chi connectivity index (χ3n) is 1.54. The Morgan fingerprint density at radius 1 is 1.62 bits per heavy atom. The number of carbonyl (C=O) groups is 1. The molecule has 5 nitrogen and oxygen atoms in total. The van der Waals surface area contributed by atoms with Crippen LogP contribution in [0, 0.1) is 0 Å². The maximum atomic E-state index is 11.1. The Kier molecular flexibility index (Phi) is 2.81. The molecule has 0 amide bonds. The van der Waals surface area contributed by atoms with E-state index in [1.165, 1.54) is 7.11 Å². The second-order valence-corrected chi connectivity index (χ2v) is 2.48. The van der Waals surface area contributed by atoms with Crippen molar-refractivity contribution in [3.63, 3.8) is 0 Å². The summed E-state index contributed by atoms with van der Waals surface area (Å²) in [5, 5.41) is 0. The minimum absolute atomic E-state index is 0.183. The van der Waals surface area contributed by atoms with Crippen molar-refractivity contribution in [3.05, 3.63) is 23.4 Å². The van der Waals surface area contributed by atoms with Crippen LogP contribution in [0.15, 0.2) is 12.1 Å². The number of hydrogen-bond acceptors (Lipinski definition) is 5. The van der Waals surface area contributed by atoms with Gasteiger partial charge in [0.25, 0.3) is 0 Å². The van der Waals surface area contributed by atoms with E-state index >= 15 is 0 Å². The summed E-state index contributed by atoms with van der Waals surface area (Å²) in [7, 11) is 1.29. The van der Waals surface area contributed by atoms with Gasteiger partial charge < -0.3 is 16.2 Å². The van der Waals surface area contributed by atoms with Crippen molar-refractivity contribution in [2.45, 2.75) is 6.54 Å². The number of nitrogen functional groups attached to an aromatic ring is 1. The summed E-state index contributed by atoms with van der Waals surface area (Å²) < 4.78 is 4.49. The van der Waals surface area contributed by atoms with Gasteiger partial charge in [0.2, 0.25) is 0 Å².